The van der Waals surface area contributed by atoms with Crippen molar-refractivity contribution in [3.63, 3.8) is 0 Å². The first-order valence-corrected chi connectivity index (χ1v) is 9.62. The predicted molar refractivity (Wildman–Crippen MR) is 115 cm³/mol. The average Bonchev–Trinajstić information content (AvgIpc) is 2.73. The smallest absolute Gasteiger partial charge is 0.223 e. The van der Waals surface area contributed by atoms with E-state index in [2.05, 4.69) is 46.6 Å². The van der Waals surface area contributed by atoms with Gasteiger partial charge < -0.3 is 15.0 Å². The third-order valence-corrected chi connectivity index (χ3v) is 4.93. The number of carbonyl (C=O) groups excluding carboxylic acids is 1. The zero-order chi connectivity index (χ0) is 18.9. The summed E-state index contributed by atoms with van der Waals surface area (Å²) in [5.74, 6) is 1.12. The van der Waals surface area contributed by atoms with Gasteiger partial charge in [0.05, 0.1) is 7.11 Å². The minimum absolute atomic E-state index is 0. The molecule has 28 heavy (non-hydrogen) atoms. The van der Waals surface area contributed by atoms with Crippen LogP contribution in [0.1, 0.15) is 17.5 Å². The van der Waals surface area contributed by atoms with E-state index in [0.717, 1.165) is 51.6 Å². The molecule has 0 aliphatic carbocycles. The number of piperazine rings is 1. The maximum absolute atomic E-state index is 12.5. The summed E-state index contributed by atoms with van der Waals surface area (Å²) < 4.78 is 5.25. The van der Waals surface area contributed by atoms with Crippen LogP contribution in [0.2, 0.25) is 0 Å². The molecule has 0 radical (unpaired) electrons. The Kier molecular flexibility index (Phi) is 9.28. The van der Waals surface area contributed by atoms with Crippen LogP contribution in [0.3, 0.4) is 0 Å². The maximum atomic E-state index is 12.5. The third kappa shape index (κ3) is 6.82. The number of benzene rings is 2. The number of rotatable bonds is 8. The van der Waals surface area contributed by atoms with Gasteiger partial charge in [0.25, 0.3) is 0 Å². The quantitative estimate of drug-likeness (QED) is 0.736. The molecule has 1 aliphatic rings. The zero-order valence-corrected chi connectivity index (χ0v) is 17.3. The lowest BCUT2D eigenvalue weighted by atomic mass is 10.1. The molecule has 0 aromatic heterocycles. The molecule has 1 saturated heterocycles. The van der Waals surface area contributed by atoms with Gasteiger partial charge in [-0.2, -0.15) is 0 Å². The highest BCUT2D eigenvalue weighted by Crippen LogP contribution is 2.15. The molecule has 1 N–H and O–H groups in total. The fraction of sp³-hybridized carbons (Fsp3) is 0.409. The van der Waals surface area contributed by atoms with Crippen LogP contribution in [0.4, 0.5) is 0 Å². The summed E-state index contributed by atoms with van der Waals surface area (Å²) in [7, 11) is 1.68. The van der Waals surface area contributed by atoms with Crippen LogP contribution in [0.5, 0.6) is 5.75 Å². The minimum Gasteiger partial charge on any atom is -0.497 e. The van der Waals surface area contributed by atoms with Crippen molar-refractivity contribution in [3.8, 4) is 5.75 Å². The number of halogens is 1. The van der Waals surface area contributed by atoms with Crippen LogP contribution in [-0.2, 0) is 17.9 Å². The van der Waals surface area contributed by atoms with Gasteiger partial charge in [-0.05, 0) is 23.3 Å². The Labute approximate surface area is 174 Å². The Morgan fingerprint density at radius 3 is 2.21 bits per heavy atom. The lowest BCUT2D eigenvalue weighted by molar-refractivity contribution is -0.132. The summed E-state index contributed by atoms with van der Waals surface area (Å²) in [6.45, 7) is 5.82. The Morgan fingerprint density at radius 1 is 1.00 bits per heavy atom. The molecule has 0 bridgehead atoms. The van der Waals surface area contributed by atoms with Gasteiger partial charge in [0.15, 0.2) is 0 Å². The van der Waals surface area contributed by atoms with Crippen molar-refractivity contribution in [2.75, 3.05) is 39.8 Å². The number of amides is 1. The van der Waals surface area contributed by atoms with Crippen LogP contribution in [0, 0.1) is 0 Å². The van der Waals surface area contributed by atoms with Gasteiger partial charge in [-0.15, -0.1) is 12.4 Å². The minimum atomic E-state index is 0. The van der Waals surface area contributed by atoms with Gasteiger partial charge >= 0.3 is 0 Å². The van der Waals surface area contributed by atoms with E-state index >= 15 is 0 Å². The van der Waals surface area contributed by atoms with Crippen molar-refractivity contribution in [1.29, 1.82) is 0 Å². The summed E-state index contributed by atoms with van der Waals surface area (Å²) in [6.07, 6.45) is 0.559. The standard InChI is InChI=1S/C22H29N3O2.ClH/c1-27-21-9-7-20(8-10-21)18-24(17-19-5-3-2-4-6-19)14-11-22(26)25-15-12-23-13-16-25;/h2-10,23H,11-18H2,1H3;1H. The second-order valence-corrected chi connectivity index (χ2v) is 6.93. The first-order valence-electron chi connectivity index (χ1n) is 9.62. The fourth-order valence-electron chi connectivity index (χ4n) is 3.37. The molecule has 0 unspecified atom stereocenters. The second-order valence-electron chi connectivity index (χ2n) is 6.93. The Balaban J connectivity index is 0.00000280. The lowest BCUT2D eigenvalue weighted by Gasteiger charge is -2.29. The van der Waals surface area contributed by atoms with Crippen molar-refractivity contribution in [2.45, 2.75) is 19.5 Å². The molecule has 1 fully saturated rings. The number of methoxy groups -OCH3 is 1. The molecular weight excluding hydrogens is 374 g/mol. The van der Waals surface area contributed by atoms with Gasteiger partial charge in [-0.25, -0.2) is 0 Å². The largest absolute Gasteiger partial charge is 0.497 e. The van der Waals surface area contributed by atoms with Crippen LogP contribution in [-0.4, -0.2) is 55.5 Å². The molecule has 6 heteroatoms. The highest BCUT2D eigenvalue weighted by atomic mass is 35.5. The van der Waals surface area contributed by atoms with E-state index in [-0.39, 0.29) is 18.3 Å². The zero-order valence-electron chi connectivity index (χ0n) is 16.5. The molecule has 1 heterocycles. The van der Waals surface area contributed by atoms with Crippen molar-refractivity contribution >= 4 is 18.3 Å². The van der Waals surface area contributed by atoms with E-state index in [1.807, 2.05) is 23.1 Å². The first-order chi connectivity index (χ1) is 13.2. The summed E-state index contributed by atoms with van der Waals surface area (Å²) >= 11 is 0. The molecule has 1 aliphatic heterocycles. The van der Waals surface area contributed by atoms with E-state index in [1.165, 1.54) is 11.1 Å². The monoisotopic (exact) mass is 403 g/mol. The summed E-state index contributed by atoms with van der Waals surface area (Å²) in [5.41, 5.74) is 2.49. The van der Waals surface area contributed by atoms with E-state index in [0.29, 0.717) is 6.42 Å². The van der Waals surface area contributed by atoms with Crippen molar-refractivity contribution in [2.24, 2.45) is 0 Å². The van der Waals surface area contributed by atoms with Crippen molar-refractivity contribution in [3.05, 3.63) is 65.7 Å². The predicted octanol–water partition coefficient (Wildman–Crippen LogP) is 2.94. The van der Waals surface area contributed by atoms with Gasteiger partial charge in [0, 0.05) is 52.2 Å². The van der Waals surface area contributed by atoms with Crippen LogP contribution < -0.4 is 10.1 Å². The van der Waals surface area contributed by atoms with E-state index in [4.69, 9.17) is 4.74 Å². The topological polar surface area (TPSA) is 44.8 Å². The molecule has 1 amide bonds. The first kappa shape index (κ1) is 22.2. The lowest BCUT2D eigenvalue weighted by Crippen LogP contribution is -2.47. The molecule has 0 spiro atoms. The number of hydrogen-bond donors (Lipinski definition) is 1. The Hall–Kier alpha value is -2.08. The van der Waals surface area contributed by atoms with Crippen molar-refractivity contribution in [1.82, 2.24) is 15.1 Å². The van der Waals surface area contributed by atoms with Gasteiger partial charge in [-0.3, -0.25) is 9.69 Å². The third-order valence-electron chi connectivity index (χ3n) is 4.93. The van der Waals surface area contributed by atoms with Gasteiger partial charge in [0.1, 0.15) is 5.75 Å². The number of hydrogen-bond acceptors (Lipinski definition) is 4. The maximum Gasteiger partial charge on any atom is 0.223 e. The van der Waals surface area contributed by atoms with Crippen LogP contribution in [0.25, 0.3) is 0 Å². The number of ether oxygens (including phenoxy) is 1. The molecule has 3 rings (SSSR count). The fourth-order valence-corrected chi connectivity index (χ4v) is 3.37. The van der Waals surface area contributed by atoms with Crippen LogP contribution in [0.15, 0.2) is 54.6 Å². The normalized spacial score (nSPS) is 13.9. The van der Waals surface area contributed by atoms with Gasteiger partial charge in [0.2, 0.25) is 5.91 Å². The summed E-state index contributed by atoms with van der Waals surface area (Å²) in [6, 6.07) is 18.6. The molecule has 152 valence electrons. The molecule has 2 aromatic carbocycles. The average molecular weight is 404 g/mol. The Bertz CT molecular complexity index is 703. The second kappa shape index (κ2) is 11.7. The van der Waals surface area contributed by atoms with Crippen LogP contribution >= 0.6 is 12.4 Å². The molecule has 2 aromatic rings. The van der Waals surface area contributed by atoms with Gasteiger partial charge in [-0.1, -0.05) is 42.5 Å². The number of carbonyl (C=O) groups is 1. The Morgan fingerprint density at radius 2 is 1.61 bits per heavy atom. The SMILES string of the molecule is COc1ccc(CN(CCC(=O)N2CCNCC2)Cc2ccccc2)cc1.Cl. The summed E-state index contributed by atoms with van der Waals surface area (Å²) in [4.78, 5) is 16.9. The molecule has 5 nitrogen and oxygen atoms in total. The highest BCUT2D eigenvalue weighted by Gasteiger charge is 2.17. The highest BCUT2D eigenvalue weighted by molar-refractivity contribution is 5.85. The number of nitrogens with zero attached hydrogens (tertiary/aromatic N) is 2. The van der Waals surface area contributed by atoms with E-state index < -0.39 is 0 Å². The number of nitrogens with one attached hydrogen (secondary N) is 1. The molecular formula is C22H30ClN3O2. The van der Waals surface area contributed by atoms with Crippen molar-refractivity contribution < 1.29 is 9.53 Å². The molecule has 0 saturated carbocycles. The molecule has 0 atom stereocenters. The van der Waals surface area contributed by atoms with E-state index in [9.17, 15) is 4.79 Å². The van der Waals surface area contributed by atoms with E-state index in [1.54, 1.807) is 7.11 Å². The summed E-state index contributed by atoms with van der Waals surface area (Å²) in [5, 5.41) is 3.29.